The lowest BCUT2D eigenvalue weighted by atomic mass is 10.3. The molecule has 1 aromatic heterocycles. The minimum absolute atomic E-state index is 0.962. The molecule has 0 radical (unpaired) electrons. The SMILES string of the molecule is c1ccc(NCCSc2cc3ccccc3[nH]2)cc1. The normalized spacial score (nSPS) is 10.7. The summed E-state index contributed by atoms with van der Waals surface area (Å²) in [5.41, 5.74) is 2.39. The predicted octanol–water partition coefficient (Wildman–Crippen LogP) is 4.37. The summed E-state index contributed by atoms with van der Waals surface area (Å²) >= 11 is 1.85. The van der Waals surface area contributed by atoms with Crippen molar-refractivity contribution in [1.82, 2.24) is 4.98 Å². The van der Waals surface area contributed by atoms with Crippen molar-refractivity contribution in [3.05, 3.63) is 60.7 Å². The van der Waals surface area contributed by atoms with Gasteiger partial charge in [0, 0.05) is 28.9 Å². The van der Waals surface area contributed by atoms with Crippen molar-refractivity contribution in [3.8, 4) is 0 Å². The molecule has 0 amide bonds. The standard InChI is InChI=1S/C16H16N2S/c1-2-7-14(8-3-1)17-10-11-19-16-12-13-6-4-5-9-15(13)18-16/h1-9,12,17-18H,10-11H2. The van der Waals surface area contributed by atoms with E-state index in [0.29, 0.717) is 0 Å². The molecular formula is C16H16N2S. The monoisotopic (exact) mass is 268 g/mol. The van der Waals surface area contributed by atoms with Gasteiger partial charge in [-0.2, -0.15) is 0 Å². The van der Waals surface area contributed by atoms with Gasteiger partial charge in [-0.05, 0) is 24.3 Å². The number of fused-ring (bicyclic) bond motifs is 1. The van der Waals surface area contributed by atoms with E-state index >= 15 is 0 Å². The molecule has 2 N–H and O–H groups in total. The molecule has 0 saturated heterocycles. The van der Waals surface area contributed by atoms with Gasteiger partial charge in [0.2, 0.25) is 0 Å². The molecule has 0 aliphatic rings. The Morgan fingerprint density at radius 3 is 2.58 bits per heavy atom. The van der Waals surface area contributed by atoms with Crippen LogP contribution >= 0.6 is 11.8 Å². The van der Waals surface area contributed by atoms with E-state index in [9.17, 15) is 0 Å². The highest BCUT2D eigenvalue weighted by Crippen LogP contribution is 2.22. The van der Waals surface area contributed by atoms with Crippen LogP contribution in [0.1, 0.15) is 0 Å². The minimum atomic E-state index is 0.962. The number of H-pyrrole nitrogens is 1. The van der Waals surface area contributed by atoms with Crippen LogP contribution in [-0.2, 0) is 0 Å². The first-order valence-electron chi connectivity index (χ1n) is 6.41. The molecule has 0 unspecified atom stereocenters. The fraction of sp³-hybridized carbons (Fsp3) is 0.125. The van der Waals surface area contributed by atoms with Crippen LogP contribution in [-0.4, -0.2) is 17.3 Å². The zero-order valence-corrected chi connectivity index (χ0v) is 11.4. The fourth-order valence-electron chi connectivity index (χ4n) is 2.04. The van der Waals surface area contributed by atoms with Gasteiger partial charge in [-0.25, -0.2) is 0 Å². The first-order chi connectivity index (χ1) is 9.42. The molecule has 0 aliphatic carbocycles. The maximum atomic E-state index is 3.43. The molecule has 2 aromatic carbocycles. The van der Waals surface area contributed by atoms with E-state index in [1.165, 1.54) is 21.6 Å². The molecule has 1 heterocycles. The van der Waals surface area contributed by atoms with Gasteiger partial charge in [0.15, 0.2) is 0 Å². The molecule has 0 atom stereocenters. The molecule has 2 nitrogen and oxygen atoms in total. The van der Waals surface area contributed by atoms with Crippen LogP contribution in [0.5, 0.6) is 0 Å². The number of anilines is 1. The Morgan fingerprint density at radius 1 is 0.947 bits per heavy atom. The van der Waals surface area contributed by atoms with E-state index in [2.05, 4.69) is 52.8 Å². The highest BCUT2D eigenvalue weighted by molar-refractivity contribution is 7.99. The maximum absolute atomic E-state index is 3.43. The highest BCUT2D eigenvalue weighted by Gasteiger charge is 2.00. The van der Waals surface area contributed by atoms with Crippen LogP contribution in [0.2, 0.25) is 0 Å². The number of para-hydroxylation sites is 2. The average Bonchev–Trinajstić information content (AvgIpc) is 2.87. The molecular weight excluding hydrogens is 252 g/mol. The topological polar surface area (TPSA) is 27.8 Å². The Morgan fingerprint density at radius 2 is 1.74 bits per heavy atom. The van der Waals surface area contributed by atoms with E-state index in [-0.39, 0.29) is 0 Å². The van der Waals surface area contributed by atoms with Gasteiger partial charge in [-0.3, -0.25) is 0 Å². The Labute approximate surface area is 117 Å². The zero-order valence-electron chi connectivity index (χ0n) is 10.6. The third-order valence-electron chi connectivity index (χ3n) is 2.97. The number of hydrogen-bond donors (Lipinski definition) is 2. The summed E-state index contributed by atoms with van der Waals surface area (Å²) in [6.45, 7) is 0.962. The van der Waals surface area contributed by atoms with Crippen molar-refractivity contribution in [2.45, 2.75) is 5.03 Å². The predicted molar refractivity (Wildman–Crippen MR) is 84.0 cm³/mol. The van der Waals surface area contributed by atoms with E-state index in [1.54, 1.807) is 0 Å². The van der Waals surface area contributed by atoms with Gasteiger partial charge >= 0.3 is 0 Å². The minimum Gasteiger partial charge on any atom is -0.384 e. The first kappa shape index (κ1) is 12.2. The second-order valence-corrected chi connectivity index (χ2v) is 5.50. The lowest BCUT2D eigenvalue weighted by Gasteiger charge is -2.04. The van der Waals surface area contributed by atoms with E-state index in [1.807, 2.05) is 30.0 Å². The average molecular weight is 268 g/mol. The van der Waals surface area contributed by atoms with E-state index in [0.717, 1.165) is 12.3 Å². The third-order valence-corrected chi connectivity index (χ3v) is 3.91. The molecule has 0 spiro atoms. The Bertz CT molecular complexity index is 613. The second-order valence-electron chi connectivity index (χ2n) is 4.36. The highest BCUT2D eigenvalue weighted by atomic mass is 32.2. The lowest BCUT2D eigenvalue weighted by molar-refractivity contribution is 1.19. The van der Waals surface area contributed by atoms with Gasteiger partial charge in [-0.15, -0.1) is 11.8 Å². The van der Waals surface area contributed by atoms with Crippen molar-refractivity contribution >= 4 is 28.4 Å². The largest absolute Gasteiger partial charge is 0.384 e. The van der Waals surface area contributed by atoms with Gasteiger partial charge in [-0.1, -0.05) is 36.4 Å². The van der Waals surface area contributed by atoms with Crippen LogP contribution in [0.25, 0.3) is 10.9 Å². The van der Waals surface area contributed by atoms with Gasteiger partial charge in [0.05, 0.1) is 5.03 Å². The summed E-state index contributed by atoms with van der Waals surface area (Å²) in [7, 11) is 0. The number of nitrogens with one attached hydrogen (secondary N) is 2. The molecule has 0 saturated carbocycles. The molecule has 3 heteroatoms. The Kier molecular flexibility index (Phi) is 3.75. The summed E-state index contributed by atoms with van der Waals surface area (Å²) in [6, 6.07) is 20.9. The van der Waals surface area contributed by atoms with E-state index in [4.69, 9.17) is 0 Å². The van der Waals surface area contributed by atoms with Gasteiger partial charge in [0.25, 0.3) is 0 Å². The summed E-state index contributed by atoms with van der Waals surface area (Å²) in [5, 5.41) is 5.93. The second kappa shape index (κ2) is 5.85. The number of thioether (sulfide) groups is 1. The molecule has 0 aliphatic heterocycles. The maximum Gasteiger partial charge on any atom is 0.0733 e. The van der Waals surface area contributed by atoms with Crippen LogP contribution in [0.4, 0.5) is 5.69 Å². The molecule has 3 rings (SSSR count). The summed E-state index contributed by atoms with van der Waals surface area (Å²) in [6.07, 6.45) is 0. The smallest absolute Gasteiger partial charge is 0.0733 e. The summed E-state index contributed by atoms with van der Waals surface area (Å²) in [4.78, 5) is 3.43. The molecule has 0 bridgehead atoms. The quantitative estimate of drug-likeness (QED) is 0.531. The molecule has 3 aromatic rings. The number of aromatic nitrogens is 1. The zero-order chi connectivity index (χ0) is 12.9. The van der Waals surface area contributed by atoms with Crippen molar-refractivity contribution in [2.24, 2.45) is 0 Å². The molecule has 96 valence electrons. The van der Waals surface area contributed by atoms with Crippen LogP contribution < -0.4 is 5.32 Å². The third kappa shape index (κ3) is 3.12. The molecule has 0 fully saturated rings. The van der Waals surface area contributed by atoms with Gasteiger partial charge in [0.1, 0.15) is 0 Å². The number of benzene rings is 2. The first-order valence-corrected chi connectivity index (χ1v) is 7.40. The summed E-state index contributed by atoms with van der Waals surface area (Å²) < 4.78 is 0. The van der Waals surface area contributed by atoms with Crippen molar-refractivity contribution in [3.63, 3.8) is 0 Å². The van der Waals surface area contributed by atoms with Crippen molar-refractivity contribution < 1.29 is 0 Å². The molecule has 19 heavy (non-hydrogen) atoms. The van der Waals surface area contributed by atoms with Crippen molar-refractivity contribution in [1.29, 1.82) is 0 Å². The number of rotatable bonds is 5. The van der Waals surface area contributed by atoms with Gasteiger partial charge < -0.3 is 10.3 Å². The number of hydrogen-bond acceptors (Lipinski definition) is 2. The van der Waals surface area contributed by atoms with E-state index < -0.39 is 0 Å². The van der Waals surface area contributed by atoms with Crippen molar-refractivity contribution in [2.75, 3.05) is 17.6 Å². The number of aromatic amines is 1. The van der Waals surface area contributed by atoms with Crippen LogP contribution in [0.15, 0.2) is 65.7 Å². The Hall–Kier alpha value is -1.87. The lowest BCUT2D eigenvalue weighted by Crippen LogP contribution is -2.03. The fourth-order valence-corrected chi connectivity index (χ4v) is 2.85. The Balaban J connectivity index is 1.52. The van der Waals surface area contributed by atoms with Crippen LogP contribution in [0, 0.1) is 0 Å². The van der Waals surface area contributed by atoms with Crippen LogP contribution in [0.3, 0.4) is 0 Å². The summed E-state index contributed by atoms with van der Waals surface area (Å²) in [5.74, 6) is 1.04.